The summed E-state index contributed by atoms with van der Waals surface area (Å²) in [6.07, 6.45) is 4.30. The van der Waals surface area contributed by atoms with E-state index in [1.54, 1.807) is 30.3 Å². The van der Waals surface area contributed by atoms with E-state index >= 15 is 0 Å². The highest BCUT2D eigenvalue weighted by Crippen LogP contribution is 2.39. The molecule has 0 saturated heterocycles. The molecular formula is C19H11N7O3. The van der Waals surface area contributed by atoms with Gasteiger partial charge in [0.2, 0.25) is 0 Å². The minimum atomic E-state index is -1.30. The number of benzene rings is 2. The van der Waals surface area contributed by atoms with Crippen LogP contribution in [0, 0.1) is 11.3 Å². The van der Waals surface area contributed by atoms with E-state index in [-0.39, 0.29) is 28.6 Å². The predicted molar refractivity (Wildman–Crippen MR) is 101 cm³/mol. The molecule has 0 unspecified atom stereocenters. The largest absolute Gasteiger partial charge is 0.505 e. The second-order valence-electron chi connectivity index (χ2n) is 5.80. The molecule has 2 aromatic carbocycles. The Morgan fingerprint density at radius 3 is 2.62 bits per heavy atom. The minimum Gasteiger partial charge on any atom is -0.505 e. The molecule has 29 heavy (non-hydrogen) atoms. The van der Waals surface area contributed by atoms with Gasteiger partial charge in [0.05, 0.1) is 6.20 Å². The van der Waals surface area contributed by atoms with Crippen molar-refractivity contribution < 1.29 is 15.0 Å². The standard InChI is InChI=1S/C19H11N7O3/c20-9-12-10-23-26(19-21-6-3-7-22-19)17(12)25-24-15-13-5-2-1-4-11(13)8-14(16(15)27)18(28)29/h1-8,10,27H,(H,28,29). The molecule has 4 aromatic rings. The number of nitriles is 1. The summed E-state index contributed by atoms with van der Waals surface area (Å²) in [5.74, 6) is -1.61. The molecule has 0 spiro atoms. The van der Waals surface area contributed by atoms with Crippen molar-refractivity contribution in [3.05, 3.63) is 66.1 Å². The number of azo groups is 1. The van der Waals surface area contributed by atoms with Crippen LogP contribution in [0.2, 0.25) is 0 Å². The van der Waals surface area contributed by atoms with E-state index in [1.165, 1.54) is 29.3 Å². The van der Waals surface area contributed by atoms with Crippen LogP contribution < -0.4 is 0 Å². The van der Waals surface area contributed by atoms with Gasteiger partial charge in [-0.1, -0.05) is 24.3 Å². The Hall–Kier alpha value is -4.65. The molecule has 0 aliphatic heterocycles. The predicted octanol–water partition coefficient (Wildman–Crippen LogP) is 3.51. The number of hydrogen-bond acceptors (Lipinski definition) is 8. The molecule has 0 bridgehead atoms. The Morgan fingerprint density at radius 1 is 1.14 bits per heavy atom. The van der Waals surface area contributed by atoms with Crippen molar-refractivity contribution in [1.82, 2.24) is 19.7 Å². The fourth-order valence-corrected chi connectivity index (χ4v) is 2.74. The summed E-state index contributed by atoms with van der Waals surface area (Å²) in [6, 6.07) is 11.8. The number of carboxylic acid groups (broad SMARTS) is 1. The van der Waals surface area contributed by atoms with E-state index in [4.69, 9.17) is 0 Å². The molecule has 2 N–H and O–H groups in total. The number of carboxylic acids is 1. The summed E-state index contributed by atoms with van der Waals surface area (Å²) in [7, 11) is 0. The topological polar surface area (TPSA) is 150 Å². The summed E-state index contributed by atoms with van der Waals surface area (Å²) < 4.78 is 1.22. The third-order valence-electron chi connectivity index (χ3n) is 4.08. The van der Waals surface area contributed by atoms with Crippen molar-refractivity contribution in [3.8, 4) is 17.8 Å². The Labute approximate surface area is 163 Å². The molecule has 10 heteroatoms. The first kappa shape index (κ1) is 17.7. The van der Waals surface area contributed by atoms with Crippen molar-refractivity contribution in [2.24, 2.45) is 10.2 Å². The van der Waals surface area contributed by atoms with E-state index < -0.39 is 11.7 Å². The average Bonchev–Trinajstić information content (AvgIpc) is 3.16. The number of aromatic hydroxyl groups is 1. The van der Waals surface area contributed by atoms with Crippen LogP contribution in [0.5, 0.6) is 5.75 Å². The van der Waals surface area contributed by atoms with Gasteiger partial charge in [-0.05, 0) is 17.5 Å². The van der Waals surface area contributed by atoms with Gasteiger partial charge in [-0.25, -0.2) is 14.8 Å². The fraction of sp³-hybridized carbons (Fsp3) is 0. The molecule has 0 aliphatic rings. The van der Waals surface area contributed by atoms with E-state index in [2.05, 4.69) is 25.3 Å². The van der Waals surface area contributed by atoms with Gasteiger partial charge in [0, 0.05) is 17.8 Å². The Balaban J connectivity index is 1.91. The fourth-order valence-electron chi connectivity index (χ4n) is 2.74. The molecule has 140 valence electrons. The summed E-state index contributed by atoms with van der Waals surface area (Å²) in [5.41, 5.74) is -0.233. The normalized spacial score (nSPS) is 11.0. The molecule has 10 nitrogen and oxygen atoms in total. The van der Waals surface area contributed by atoms with Gasteiger partial charge in [0.1, 0.15) is 22.9 Å². The zero-order valence-corrected chi connectivity index (χ0v) is 14.6. The summed E-state index contributed by atoms with van der Waals surface area (Å²) in [6.45, 7) is 0. The number of phenols is 1. The molecule has 2 aromatic heterocycles. The number of aromatic carboxylic acids is 1. The monoisotopic (exact) mass is 385 g/mol. The van der Waals surface area contributed by atoms with Gasteiger partial charge in [-0.3, -0.25) is 0 Å². The molecule has 0 radical (unpaired) electrons. The summed E-state index contributed by atoms with van der Waals surface area (Å²) >= 11 is 0. The van der Waals surface area contributed by atoms with Crippen LogP contribution in [0.15, 0.2) is 65.2 Å². The summed E-state index contributed by atoms with van der Waals surface area (Å²) in [4.78, 5) is 19.6. The maximum atomic E-state index is 11.5. The molecular weight excluding hydrogens is 374 g/mol. The lowest BCUT2D eigenvalue weighted by Crippen LogP contribution is -2.01. The number of rotatable bonds is 4. The average molecular weight is 385 g/mol. The van der Waals surface area contributed by atoms with Crippen LogP contribution >= 0.6 is 0 Å². The first-order chi connectivity index (χ1) is 14.1. The van der Waals surface area contributed by atoms with Crippen LogP contribution in [0.3, 0.4) is 0 Å². The minimum absolute atomic E-state index is 0.0360. The summed E-state index contributed by atoms with van der Waals surface area (Å²) in [5, 5.41) is 42.4. The number of fused-ring (bicyclic) bond motifs is 1. The molecule has 2 heterocycles. The van der Waals surface area contributed by atoms with Gasteiger partial charge < -0.3 is 10.2 Å². The lowest BCUT2D eigenvalue weighted by molar-refractivity contribution is 0.0694. The molecule has 0 saturated carbocycles. The maximum absolute atomic E-state index is 11.5. The Kier molecular flexibility index (Phi) is 4.38. The highest BCUT2D eigenvalue weighted by atomic mass is 16.4. The smallest absolute Gasteiger partial charge is 0.339 e. The zero-order valence-electron chi connectivity index (χ0n) is 14.6. The lowest BCUT2D eigenvalue weighted by Gasteiger charge is -2.07. The Bertz CT molecular complexity index is 1310. The number of carbonyl (C=O) groups is 1. The van der Waals surface area contributed by atoms with Crippen LogP contribution in [0.1, 0.15) is 15.9 Å². The first-order valence-electron chi connectivity index (χ1n) is 8.25. The van der Waals surface area contributed by atoms with Crippen LogP contribution in [0.25, 0.3) is 16.7 Å². The van der Waals surface area contributed by atoms with E-state index in [0.29, 0.717) is 10.8 Å². The van der Waals surface area contributed by atoms with Crippen molar-refractivity contribution in [2.45, 2.75) is 0 Å². The van der Waals surface area contributed by atoms with Gasteiger partial charge in [0.15, 0.2) is 11.6 Å². The van der Waals surface area contributed by atoms with Crippen molar-refractivity contribution in [2.75, 3.05) is 0 Å². The van der Waals surface area contributed by atoms with Gasteiger partial charge in [-0.15, -0.1) is 10.2 Å². The third kappa shape index (κ3) is 3.13. The molecule has 0 aliphatic carbocycles. The van der Waals surface area contributed by atoms with Crippen LogP contribution in [-0.2, 0) is 0 Å². The molecule has 0 amide bonds. The lowest BCUT2D eigenvalue weighted by atomic mass is 10.0. The highest BCUT2D eigenvalue weighted by Gasteiger charge is 2.19. The van der Waals surface area contributed by atoms with Crippen molar-refractivity contribution in [3.63, 3.8) is 0 Å². The van der Waals surface area contributed by atoms with Crippen LogP contribution in [0.4, 0.5) is 11.5 Å². The molecule has 0 fully saturated rings. The number of aromatic nitrogens is 4. The van der Waals surface area contributed by atoms with Crippen LogP contribution in [-0.4, -0.2) is 35.9 Å². The molecule has 4 rings (SSSR count). The van der Waals surface area contributed by atoms with Gasteiger partial charge in [-0.2, -0.15) is 15.0 Å². The second-order valence-corrected chi connectivity index (χ2v) is 5.80. The second kappa shape index (κ2) is 7.16. The quantitative estimate of drug-likeness (QED) is 0.510. The zero-order chi connectivity index (χ0) is 20.4. The highest BCUT2D eigenvalue weighted by molar-refractivity contribution is 6.04. The van der Waals surface area contributed by atoms with Gasteiger partial charge in [0.25, 0.3) is 5.95 Å². The molecule has 0 atom stereocenters. The van der Waals surface area contributed by atoms with Crippen molar-refractivity contribution >= 4 is 28.2 Å². The van der Waals surface area contributed by atoms with Crippen molar-refractivity contribution in [1.29, 1.82) is 5.26 Å². The van der Waals surface area contributed by atoms with Gasteiger partial charge >= 0.3 is 5.97 Å². The van der Waals surface area contributed by atoms with E-state index in [1.807, 2.05) is 6.07 Å². The Morgan fingerprint density at radius 2 is 1.90 bits per heavy atom. The number of nitrogens with zero attached hydrogens (tertiary/aromatic N) is 7. The number of hydrogen-bond donors (Lipinski definition) is 2. The third-order valence-corrected chi connectivity index (χ3v) is 4.08. The van der Waals surface area contributed by atoms with E-state index in [0.717, 1.165) is 0 Å². The van der Waals surface area contributed by atoms with E-state index in [9.17, 15) is 20.3 Å². The SMILES string of the molecule is N#Cc1cnn(-c2ncccn2)c1N=Nc1c(O)c(C(=O)O)cc2ccccc12. The first-order valence-corrected chi connectivity index (χ1v) is 8.25. The maximum Gasteiger partial charge on any atom is 0.339 e.